The monoisotopic (exact) mass is 563 g/mol. The first-order valence-electron chi connectivity index (χ1n) is 11.1. The fourth-order valence-corrected chi connectivity index (χ4v) is 4.52. The standard InChI is InChI=1S/C24H29ClF3N3O5S/c1-15(2)29-23(33)16(3)30(13-17-7-6-8-19(11-17)36-4)22(32)14-31(37(5,34)35)18-9-10-21(25)20(12-18)24(26,27)28/h6-12,15-16H,13-14H2,1-5H3,(H,29,33)/t16-/m1/s1. The summed E-state index contributed by atoms with van der Waals surface area (Å²) in [5.41, 5.74) is -1.05. The zero-order chi connectivity index (χ0) is 28.1. The number of sulfonamides is 1. The molecule has 2 amide bonds. The summed E-state index contributed by atoms with van der Waals surface area (Å²) in [5, 5.41) is 2.09. The van der Waals surface area contributed by atoms with Gasteiger partial charge in [0, 0.05) is 12.6 Å². The number of alkyl halides is 3. The van der Waals surface area contributed by atoms with Gasteiger partial charge in [0.2, 0.25) is 21.8 Å². The van der Waals surface area contributed by atoms with E-state index in [1.54, 1.807) is 38.1 Å². The van der Waals surface area contributed by atoms with Crippen molar-refractivity contribution in [3.8, 4) is 5.75 Å². The molecular formula is C24H29ClF3N3O5S. The van der Waals surface area contributed by atoms with E-state index in [2.05, 4.69) is 5.32 Å². The molecule has 8 nitrogen and oxygen atoms in total. The number of halogens is 4. The van der Waals surface area contributed by atoms with Crippen molar-refractivity contribution in [3.05, 3.63) is 58.6 Å². The maximum absolute atomic E-state index is 13.5. The van der Waals surface area contributed by atoms with E-state index < -0.39 is 56.9 Å². The first-order chi connectivity index (χ1) is 17.0. The molecule has 0 aliphatic rings. The second-order valence-corrected chi connectivity index (χ2v) is 11.0. The van der Waals surface area contributed by atoms with Crippen molar-refractivity contribution in [2.45, 2.75) is 45.6 Å². The van der Waals surface area contributed by atoms with E-state index in [9.17, 15) is 31.2 Å². The molecule has 2 aromatic carbocycles. The van der Waals surface area contributed by atoms with Gasteiger partial charge in [-0.05, 0) is 56.7 Å². The van der Waals surface area contributed by atoms with Crippen LogP contribution in [0.2, 0.25) is 5.02 Å². The number of hydrogen-bond acceptors (Lipinski definition) is 5. The number of methoxy groups -OCH3 is 1. The lowest BCUT2D eigenvalue weighted by molar-refractivity contribution is -0.139. The van der Waals surface area contributed by atoms with Crippen LogP contribution in [0.4, 0.5) is 18.9 Å². The largest absolute Gasteiger partial charge is 0.497 e. The van der Waals surface area contributed by atoms with E-state index in [-0.39, 0.29) is 12.6 Å². The number of hydrogen-bond donors (Lipinski definition) is 1. The summed E-state index contributed by atoms with van der Waals surface area (Å²) in [5.74, 6) is -0.783. The molecule has 1 N–H and O–H groups in total. The highest BCUT2D eigenvalue weighted by Crippen LogP contribution is 2.37. The summed E-state index contributed by atoms with van der Waals surface area (Å²) in [6, 6.07) is 8.01. The number of anilines is 1. The molecule has 204 valence electrons. The van der Waals surface area contributed by atoms with Gasteiger partial charge in [-0.1, -0.05) is 23.7 Å². The molecule has 2 rings (SSSR count). The molecule has 0 aromatic heterocycles. The Bertz CT molecular complexity index is 1240. The molecule has 0 aliphatic heterocycles. The van der Waals surface area contributed by atoms with E-state index in [4.69, 9.17) is 16.3 Å². The van der Waals surface area contributed by atoms with E-state index in [1.807, 2.05) is 0 Å². The van der Waals surface area contributed by atoms with Crippen molar-refractivity contribution in [1.82, 2.24) is 10.2 Å². The summed E-state index contributed by atoms with van der Waals surface area (Å²) in [4.78, 5) is 27.4. The zero-order valence-electron chi connectivity index (χ0n) is 21.0. The quantitative estimate of drug-likeness (QED) is 0.470. The molecule has 0 bridgehead atoms. The Hall–Kier alpha value is -2.99. The van der Waals surface area contributed by atoms with Crippen molar-refractivity contribution in [2.75, 3.05) is 24.2 Å². The average Bonchev–Trinajstić information content (AvgIpc) is 2.79. The molecule has 0 saturated heterocycles. The fraction of sp³-hybridized carbons (Fsp3) is 0.417. The maximum atomic E-state index is 13.5. The number of benzene rings is 2. The summed E-state index contributed by atoms with van der Waals surface area (Å²) >= 11 is 5.67. The minimum absolute atomic E-state index is 0.0886. The van der Waals surface area contributed by atoms with Gasteiger partial charge in [0.25, 0.3) is 0 Å². The zero-order valence-corrected chi connectivity index (χ0v) is 22.5. The Morgan fingerprint density at radius 2 is 1.76 bits per heavy atom. The van der Waals surface area contributed by atoms with Crippen LogP contribution in [0.5, 0.6) is 5.75 Å². The molecule has 2 aromatic rings. The van der Waals surface area contributed by atoms with E-state index in [0.717, 1.165) is 23.3 Å². The molecule has 37 heavy (non-hydrogen) atoms. The predicted octanol–water partition coefficient (Wildman–Crippen LogP) is 4.08. The Kier molecular flexibility index (Phi) is 9.84. The third-order valence-electron chi connectivity index (χ3n) is 5.31. The number of nitrogens with zero attached hydrogens (tertiary/aromatic N) is 2. The third kappa shape index (κ3) is 8.26. The fourth-order valence-electron chi connectivity index (χ4n) is 3.45. The van der Waals surface area contributed by atoms with Crippen LogP contribution in [-0.2, 0) is 32.3 Å². The van der Waals surface area contributed by atoms with Crippen LogP contribution in [-0.4, -0.2) is 57.1 Å². The topological polar surface area (TPSA) is 96.0 Å². The van der Waals surface area contributed by atoms with Crippen LogP contribution in [0.15, 0.2) is 42.5 Å². The first kappa shape index (κ1) is 30.2. The first-order valence-corrected chi connectivity index (χ1v) is 13.3. The number of carbonyl (C=O) groups is 2. The number of amides is 2. The second-order valence-electron chi connectivity index (χ2n) is 8.64. The molecule has 0 heterocycles. The van der Waals surface area contributed by atoms with Gasteiger partial charge >= 0.3 is 6.18 Å². The molecule has 0 radical (unpaired) electrons. The highest BCUT2D eigenvalue weighted by molar-refractivity contribution is 7.92. The average molecular weight is 564 g/mol. The number of ether oxygens (including phenoxy) is 1. The Labute approximate surface area is 219 Å². The summed E-state index contributed by atoms with van der Waals surface area (Å²) in [6.07, 6.45) is -4.08. The van der Waals surface area contributed by atoms with Crippen LogP contribution in [0.25, 0.3) is 0 Å². The minimum atomic E-state index is -4.85. The van der Waals surface area contributed by atoms with Gasteiger partial charge in [-0.15, -0.1) is 0 Å². The van der Waals surface area contributed by atoms with Crippen molar-refractivity contribution in [1.29, 1.82) is 0 Å². The molecule has 13 heteroatoms. The van der Waals surface area contributed by atoms with Gasteiger partial charge in [-0.25, -0.2) is 8.42 Å². The molecule has 1 atom stereocenters. The van der Waals surface area contributed by atoms with Crippen LogP contribution in [0.3, 0.4) is 0 Å². The number of nitrogens with one attached hydrogen (secondary N) is 1. The Morgan fingerprint density at radius 1 is 1.11 bits per heavy atom. The second kappa shape index (κ2) is 12.0. The molecule has 0 aliphatic carbocycles. The summed E-state index contributed by atoms with van der Waals surface area (Å²) in [6.45, 7) is 4.02. The lowest BCUT2D eigenvalue weighted by Gasteiger charge is -2.32. The van der Waals surface area contributed by atoms with Crippen LogP contribution >= 0.6 is 11.6 Å². The lowest BCUT2D eigenvalue weighted by Crippen LogP contribution is -2.52. The van der Waals surface area contributed by atoms with Gasteiger partial charge in [-0.2, -0.15) is 13.2 Å². The molecule has 0 fully saturated rings. The summed E-state index contributed by atoms with van der Waals surface area (Å²) in [7, 11) is -2.75. The van der Waals surface area contributed by atoms with Crippen molar-refractivity contribution in [2.24, 2.45) is 0 Å². The van der Waals surface area contributed by atoms with Crippen LogP contribution in [0.1, 0.15) is 31.9 Å². The van der Waals surface area contributed by atoms with Gasteiger partial charge in [0.05, 0.1) is 29.6 Å². The molecule has 0 unspecified atom stereocenters. The molecule has 0 spiro atoms. The van der Waals surface area contributed by atoms with Crippen LogP contribution in [0, 0.1) is 0 Å². The van der Waals surface area contributed by atoms with E-state index in [1.165, 1.54) is 14.0 Å². The highest BCUT2D eigenvalue weighted by atomic mass is 35.5. The third-order valence-corrected chi connectivity index (χ3v) is 6.78. The Balaban J connectivity index is 2.49. The van der Waals surface area contributed by atoms with Gasteiger partial charge < -0.3 is 15.0 Å². The maximum Gasteiger partial charge on any atom is 0.417 e. The van der Waals surface area contributed by atoms with Crippen molar-refractivity contribution < 1.29 is 35.9 Å². The molecule has 0 saturated carbocycles. The number of carbonyl (C=O) groups excluding carboxylic acids is 2. The SMILES string of the molecule is COc1cccc(CN(C(=O)CN(c2ccc(Cl)c(C(F)(F)F)c2)S(C)(=O)=O)[C@H](C)C(=O)NC(C)C)c1. The normalized spacial score (nSPS) is 12.7. The van der Waals surface area contributed by atoms with E-state index >= 15 is 0 Å². The Morgan fingerprint density at radius 3 is 2.30 bits per heavy atom. The summed E-state index contributed by atoms with van der Waals surface area (Å²) < 4.78 is 71.1. The van der Waals surface area contributed by atoms with Gasteiger partial charge in [0.15, 0.2) is 0 Å². The minimum Gasteiger partial charge on any atom is -0.497 e. The van der Waals surface area contributed by atoms with Gasteiger partial charge in [0.1, 0.15) is 18.3 Å². The van der Waals surface area contributed by atoms with E-state index in [0.29, 0.717) is 21.7 Å². The predicted molar refractivity (Wildman–Crippen MR) is 135 cm³/mol. The van der Waals surface area contributed by atoms with Crippen molar-refractivity contribution >= 4 is 39.1 Å². The van der Waals surface area contributed by atoms with Gasteiger partial charge in [-0.3, -0.25) is 13.9 Å². The van der Waals surface area contributed by atoms with Crippen molar-refractivity contribution in [3.63, 3.8) is 0 Å². The molecular weight excluding hydrogens is 535 g/mol. The smallest absolute Gasteiger partial charge is 0.417 e. The van der Waals surface area contributed by atoms with Crippen LogP contribution < -0.4 is 14.4 Å². The lowest BCUT2D eigenvalue weighted by atomic mass is 10.1. The highest BCUT2D eigenvalue weighted by Gasteiger charge is 2.35. The number of rotatable bonds is 10.